The zero-order valence-corrected chi connectivity index (χ0v) is 6.24. The SMILES string of the molecule is O=S(=O)=CNNC=S(=O)=O. The number of hydrogen-bond acceptors (Lipinski definition) is 4. The van der Waals surface area contributed by atoms with Crippen molar-refractivity contribution < 1.29 is 16.8 Å². The predicted octanol–water partition coefficient (Wildman–Crippen LogP) is -2.64. The first-order valence-corrected chi connectivity index (χ1v) is 4.24. The van der Waals surface area contributed by atoms with E-state index in [4.69, 9.17) is 0 Å². The summed E-state index contributed by atoms with van der Waals surface area (Å²) in [5.74, 6) is 0. The molecule has 0 aromatic carbocycles. The number of nitrogens with one attached hydrogen (secondary N) is 2. The third kappa shape index (κ3) is 7.30. The van der Waals surface area contributed by atoms with Gasteiger partial charge in [0.2, 0.25) is 20.6 Å². The van der Waals surface area contributed by atoms with E-state index >= 15 is 0 Å². The average Bonchev–Trinajstić information content (AvgIpc) is 1.79. The van der Waals surface area contributed by atoms with E-state index in [1.54, 1.807) is 0 Å². The fraction of sp³-hybridized carbons (Fsp3) is 0. The van der Waals surface area contributed by atoms with Crippen LogP contribution in [0.4, 0.5) is 0 Å². The third-order valence-corrected chi connectivity index (χ3v) is 1.01. The van der Waals surface area contributed by atoms with Crippen LogP contribution < -0.4 is 10.9 Å². The highest BCUT2D eigenvalue weighted by atomic mass is 32.2. The maximum absolute atomic E-state index is 9.72. The van der Waals surface area contributed by atoms with Gasteiger partial charge >= 0.3 is 0 Å². The highest BCUT2D eigenvalue weighted by Crippen LogP contribution is 1.35. The van der Waals surface area contributed by atoms with Crippen molar-refractivity contribution in [3.05, 3.63) is 0 Å². The zero-order valence-electron chi connectivity index (χ0n) is 4.60. The van der Waals surface area contributed by atoms with Crippen LogP contribution in [0.25, 0.3) is 0 Å². The van der Waals surface area contributed by atoms with Gasteiger partial charge in [-0.05, 0) is 0 Å². The van der Waals surface area contributed by atoms with Gasteiger partial charge in [-0.3, -0.25) is 0 Å². The molecule has 0 radical (unpaired) electrons. The third-order valence-electron chi connectivity index (χ3n) is 0.394. The number of rotatable bonds is 3. The van der Waals surface area contributed by atoms with E-state index in [0.29, 0.717) is 11.0 Å². The molecule has 0 unspecified atom stereocenters. The van der Waals surface area contributed by atoms with E-state index < -0.39 is 20.6 Å². The normalized spacial score (nSPS) is 8.40. The summed E-state index contributed by atoms with van der Waals surface area (Å²) in [6, 6.07) is 0. The van der Waals surface area contributed by atoms with Gasteiger partial charge < -0.3 is 0 Å². The Balaban J connectivity index is 3.81. The first-order valence-electron chi connectivity index (χ1n) is 1.97. The molecule has 0 saturated carbocycles. The molecule has 0 aliphatic heterocycles. The van der Waals surface area contributed by atoms with Crippen LogP contribution in [-0.2, 0) is 20.6 Å². The topological polar surface area (TPSA) is 92.3 Å². The molecular weight excluding hydrogens is 180 g/mol. The second-order valence-electron chi connectivity index (χ2n) is 1.05. The molecule has 0 spiro atoms. The Hall–Kier alpha value is -0.700. The minimum atomic E-state index is -2.35. The largest absolute Gasteiger partial charge is 0.226 e. The molecule has 58 valence electrons. The highest BCUT2D eigenvalue weighted by molar-refractivity contribution is 7.71. The van der Waals surface area contributed by atoms with Crippen LogP contribution in [0.1, 0.15) is 0 Å². The van der Waals surface area contributed by atoms with Gasteiger partial charge in [0.25, 0.3) is 0 Å². The van der Waals surface area contributed by atoms with E-state index in [1.165, 1.54) is 0 Å². The fourth-order valence-electron chi connectivity index (χ4n) is 0.164. The van der Waals surface area contributed by atoms with Gasteiger partial charge in [-0.15, -0.1) is 0 Å². The molecule has 2 N–H and O–H groups in total. The van der Waals surface area contributed by atoms with Crippen LogP contribution in [0.3, 0.4) is 0 Å². The van der Waals surface area contributed by atoms with Crippen molar-refractivity contribution in [3.8, 4) is 0 Å². The Bertz CT molecular complexity index is 283. The molecule has 0 amide bonds. The van der Waals surface area contributed by atoms with Crippen molar-refractivity contribution in [1.29, 1.82) is 0 Å². The maximum atomic E-state index is 9.72. The Kier molecular flexibility index (Phi) is 4.76. The van der Waals surface area contributed by atoms with Crippen molar-refractivity contribution in [2.75, 3.05) is 0 Å². The Morgan fingerprint density at radius 1 is 0.800 bits per heavy atom. The van der Waals surface area contributed by atoms with Gasteiger partial charge in [0.15, 0.2) is 0 Å². The van der Waals surface area contributed by atoms with Crippen molar-refractivity contribution in [1.82, 2.24) is 10.9 Å². The van der Waals surface area contributed by atoms with Crippen molar-refractivity contribution >= 4 is 31.6 Å². The molecule has 0 aromatic heterocycles. The zero-order chi connectivity index (χ0) is 7.98. The molecule has 0 heterocycles. The lowest BCUT2D eigenvalue weighted by Gasteiger charge is -1.84. The predicted molar refractivity (Wildman–Crippen MR) is 36.2 cm³/mol. The quantitative estimate of drug-likeness (QED) is 0.283. The Morgan fingerprint density at radius 3 is 1.30 bits per heavy atom. The van der Waals surface area contributed by atoms with Gasteiger partial charge in [-0.2, -0.15) is 16.8 Å². The molecule has 6 nitrogen and oxygen atoms in total. The van der Waals surface area contributed by atoms with E-state index in [0.717, 1.165) is 0 Å². The van der Waals surface area contributed by atoms with E-state index in [2.05, 4.69) is 0 Å². The average molecular weight is 184 g/mol. The van der Waals surface area contributed by atoms with Crippen LogP contribution in [0.5, 0.6) is 0 Å². The highest BCUT2D eigenvalue weighted by Gasteiger charge is 1.72. The smallest absolute Gasteiger partial charge is 0.215 e. The van der Waals surface area contributed by atoms with Crippen LogP contribution in [0.2, 0.25) is 0 Å². The van der Waals surface area contributed by atoms with Crippen LogP contribution in [0.15, 0.2) is 0 Å². The standard InChI is InChI=1S/C2H4N2O4S2/c5-9(6)1-3-4-2-10(7)8/h1-4H. The van der Waals surface area contributed by atoms with Gasteiger partial charge in [-0.1, -0.05) is 0 Å². The molecule has 0 atom stereocenters. The maximum Gasteiger partial charge on any atom is 0.226 e. The van der Waals surface area contributed by atoms with E-state index in [-0.39, 0.29) is 0 Å². The summed E-state index contributed by atoms with van der Waals surface area (Å²) in [6.45, 7) is 0. The summed E-state index contributed by atoms with van der Waals surface area (Å²) in [7, 11) is -4.70. The number of hydrogen-bond donors (Lipinski definition) is 2. The van der Waals surface area contributed by atoms with Crippen LogP contribution in [0, 0.1) is 0 Å². The summed E-state index contributed by atoms with van der Waals surface area (Å²) in [4.78, 5) is 0. The number of hydrazine groups is 1. The van der Waals surface area contributed by atoms with Crippen molar-refractivity contribution in [3.63, 3.8) is 0 Å². The first-order chi connectivity index (χ1) is 4.63. The summed E-state index contributed by atoms with van der Waals surface area (Å²) in [6.07, 6.45) is 0. The van der Waals surface area contributed by atoms with Crippen molar-refractivity contribution in [2.45, 2.75) is 0 Å². The van der Waals surface area contributed by atoms with Gasteiger partial charge in [0.1, 0.15) is 11.0 Å². The molecular formula is C2H4N2O4S2. The molecule has 0 aliphatic carbocycles. The summed E-state index contributed by atoms with van der Waals surface area (Å²) >= 11 is 0. The molecule has 0 aromatic rings. The molecule has 0 fully saturated rings. The summed E-state index contributed by atoms with van der Waals surface area (Å²) in [5, 5.41) is 0. The molecule has 0 saturated heterocycles. The van der Waals surface area contributed by atoms with Crippen molar-refractivity contribution in [2.24, 2.45) is 0 Å². The minimum absolute atomic E-state index is 0.656. The Morgan fingerprint density at radius 2 is 1.10 bits per heavy atom. The van der Waals surface area contributed by atoms with Crippen LogP contribution >= 0.6 is 0 Å². The Labute approximate surface area is 59.9 Å². The second kappa shape index (κ2) is 5.11. The van der Waals surface area contributed by atoms with Crippen LogP contribution in [-0.4, -0.2) is 27.8 Å². The monoisotopic (exact) mass is 184 g/mol. The van der Waals surface area contributed by atoms with Gasteiger partial charge in [-0.25, -0.2) is 10.9 Å². The first kappa shape index (κ1) is 9.30. The van der Waals surface area contributed by atoms with E-state index in [9.17, 15) is 16.8 Å². The molecule has 10 heavy (non-hydrogen) atoms. The fourth-order valence-corrected chi connectivity index (χ4v) is 0.493. The molecule has 0 aliphatic rings. The van der Waals surface area contributed by atoms with E-state index in [1.807, 2.05) is 10.9 Å². The summed E-state index contributed by atoms with van der Waals surface area (Å²) < 4.78 is 38.9. The molecule has 8 heteroatoms. The lowest BCUT2D eigenvalue weighted by molar-refractivity contribution is 0.624. The second-order valence-corrected chi connectivity index (χ2v) is 2.56. The lowest BCUT2D eigenvalue weighted by atomic mass is 11.4. The molecule has 0 bridgehead atoms. The lowest BCUT2D eigenvalue weighted by Crippen LogP contribution is -2.29. The van der Waals surface area contributed by atoms with Gasteiger partial charge in [0, 0.05) is 0 Å². The molecule has 0 rings (SSSR count). The van der Waals surface area contributed by atoms with Gasteiger partial charge in [0.05, 0.1) is 0 Å². The summed E-state index contributed by atoms with van der Waals surface area (Å²) in [5.41, 5.74) is 5.27. The minimum Gasteiger partial charge on any atom is -0.215 e.